The normalized spacial score (nSPS) is 16.1. The number of likely N-dealkylation sites (N-methyl/N-ethyl adjacent to an activating group) is 1. The third-order valence-electron chi connectivity index (χ3n) is 4.67. The highest BCUT2D eigenvalue weighted by atomic mass is 16.2. The summed E-state index contributed by atoms with van der Waals surface area (Å²) in [5.74, 6) is 0.104. The predicted molar refractivity (Wildman–Crippen MR) is 90.0 cm³/mol. The van der Waals surface area contributed by atoms with Crippen LogP contribution in [0.25, 0.3) is 10.9 Å². The van der Waals surface area contributed by atoms with Gasteiger partial charge in [-0.25, -0.2) is 0 Å². The van der Waals surface area contributed by atoms with Crippen molar-refractivity contribution in [3.8, 4) is 0 Å². The molecule has 0 bridgehead atoms. The van der Waals surface area contributed by atoms with Crippen LogP contribution in [-0.4, -0.2) is 52.4 Å². The Morgan fingerprint density at radius 1 is 1.30 bits per heavy atom. The standard InChI is InChI=1S/C18H23N3O2/c1-14(21-10-5-8-17(21)22)18(23)19(2)12-13-20-11-9-15-6-3-4-7-16(15)20/h3-4,6-7,9,11,14H,5,8,10,12-13H2,1-2H3/t14-/m0/s1. The molecule has 1 aromatic carbocycles. The first-order valence-corrected chi connectivity index (χ1v) is 8.16. The molecule has 5 nitrogen and oxygen atoms in total. The molecule has 1 aliphatic heterocycles. The summed E-state index contributed by atoms with van der Waals surface area (Å²) in [6, 6.07) is 9.94. The highest BCUT2D eigenvalue weighted by Crippen LogP contribution is 2.16. The third-order valence-corrected chi connectivity index (χ3v) is 4.67. The van der Waals surface area contributed by atoms with Crippen LogP contribution in [0.2, 0.25) is 0 Å². The van der Waals surface area contributed by atoms with Gasteiger partial charge in [0.15, 0.2) is 0 Å². The number of hydrogen-bond donors (Lipinski definition) is 0. The van der Waals surface area contributed by atoms with Crippen molar-refractivity contribution in [1.82, 2.24) is 14.4 Å². The summed E-state index contributed by atoms with van der Waals surface area (Å²) in [7, 11) is 1.81. The molecule has 3 rings (SSSR count). The molecule has 0 N–H and O–H groups in total. The summed E-state index contributed by atoms with van der Waals surface area (Å²) in [5.41, 5.74) is 1.18. The van der Waals surface area contributed by atoms with Crippen LogP contribution in [0.15, 0.2) is 36.5 Å². The lowest BCUT2D eigenvalue weighted by Gasteiger charge is -2.28. The van der Waals surface area contributed by atoms with E-state index in [4.69, 9.17) is 0 Å². The number of amides is 2. The number of likely N-dealkylation sites (tertiary alicyclic amines) is 1. The van der Waals surface area contributed by atoms with E-state index >= 15 is 0 Å². The molecule has 2 heterocycles. The number of nitrogens with zero attached hydrogens (tertiary/aromatic N) is 3. The summed E-state index contributed by atoms with van der Waals surface area (Å²) < 4.78 is 2.16. The predicted octanol–water partition coefficient (Wildman–Crippen LogP) is 2.11. The van der Waals surface area contributed by atoms with Gasteiger partial charge in [0.2, 0.25) is 11.8 Å². The first-order chi connectivity index (χ1) is 11.1. The van der Waals surface area contributed by atoms with Crippen LogP contribution in [-0.2, 0) is 16.1 Å². The van der Waals surface area contributed by atoms with E-state index < -0.39 is 0 Å². The van der Waals surface area contributed by atoms with Gasteiger partial charge in [-0.1, -0.05) is 18.2 Å². The molecule has 0 unspecified atom stereocenters. The number of aromatic nitrogens is 1. The fourth-order valence-electron chi connectivity index (χ4n) is 3.23. The highest BCUT2D eigenvalue weighted by molar-refractivity contribution is 5.88. The molecule has 5 heteroatoms. The molecule has 122 valence electrons. The van der Waals surface area contributed by atoms with E-state index in [2.05, 4.69) is 29.0 Å². The van der Waals surface area contributed by atoms with E-state index in [-0.39, 0.29) is 17.9 Å². The summed E-state index contributed by atoms with van der Waals surface area (Å²) in [6.07, 6.45) is 3.47. The van der Waals surface area contributed by atoms with E-state index in [0.29, 0.717) is 19.5 Å². The zero-order valence-corrected chi connectivity index (χ0v) is 13.7. The summed E-state index contributed by atoms with van der Waals surface area (Å²) in [5, 5.41) is 1.21. The minimum Gasteiger partial charge on any atom is -0.346 e. The Labute approximate surface area is 136 Å². The zero-order valence-electron chi connectivity index (χ0n) is 13.7. The summed E-state index contributed by atoms with van der Waals surface area (Å²) in [4.78, 5) is 27.7. The monoisotopic (exact) mass is 313 g/mol. The largest absolute Gasteiger partial charge is 0.346 e. The number of hydrogen-bond acceptors (Lipinski definition) is 2. The Balaban J connectivity index is 1.61. The van der Waals surface area contributed by atoms with Gasteiger partial charge in [-0.2, -0.15) is 0 Å². The topological polar surface area (TPSA) is 45.6 Å². The number of fused-ring (bicyclic) bond motifs is 1. The van der Waals surface area contributed by atoms with E-state index in [0.717, 1.165) is 13.0 Å². The van der Waals surface area contributed by atoms with Gasteiger partial charge in [0.25, 0.3) is 0 Å². The maximum absolute atomic E-state index is 12.5. The third kappa shape index (κ3) is 3.09. The number of benzene rings is 1. The van der Waals surface area contributed by atoms with Gasteiger partial charge in [-0.15, -0.1) is 0 Å². The van der Waals surface area contributed by atoms with Crippen molar-refractivity contribution >= 4 is 22.7 Å². The lowest BCUT2D eigenvalue weighted by molar-refractivity contribution is -0.142. The molecule has 0 saturated carbocycles. The van der Waals surface area contributed by atoms with Gasteiger partial charge in [0.05, 0.1) is 0 Å². The molecule has 2 aromatic rings. The number of para-hydroxylation sites is 1. The first-order valence-electron chi connectivity index (χ1n) is 8.16. The van der Waals surface area contributed by atoms with Crippen LogP contribution < -0.4 is 0 Å². The van der Waals surface area contributed by atoms with Gasteiger partial charge in [-0.05, 0) is 30.9 Å². The molecule has 0 spiro atoms. The van der Waals surface area contributed by atoms with Crippen molar-refractivity contribution in [3.63, 3.8) is 0 Å². The van der Waals surface area contributed by atoms with Gasteiger partial charge >= 0.3 is 0 Å². The molecule has 1 atom stereocenters. The Morgan fingerprint density at radius 3 is 2.83 bits per heavy atom. The molecule has 0 radical (unpaired) electrons. The Kier molecular flexibility index (Phi) is 4.37. The average Bonchev–Trinajstić information content (AvgIpc) is 3.17. The minimum atomic E-state index is -0.364. The maximum Gasteiger partial charge on any atom is 0.244 e. The van der Waals surface area contributed by atoms with Crippen LogP contribution >= 0.6 is 0 Å². The summed E-state index contributed by atoms with van der Waals surface area (Å²) in [6.45, 7) is 3.90. The van der Waals surface area contributed by atoms with E-state index in [9.17, 15) is 9.59 Å². The summed E-state index contributed by atoms with van der Waals surface area (Å²) >= 11 is 0. The molecular formula is C18H23N3O2. The molecule has 23 heavy (non-hydrogen) atoms. The average molecular weight is 313 g/mol. The van der Waals surface area contributed by atoms with Crippen LogP contribution in [0, 0.1) is 0 Å². The number of rotatable bonds is 5. The lowest BCUT2D eigenvalue weighted by atomic mass is 10.2. The van der Waals surface area contributed by atoms with Crippen LogP contribution in [0.1, 0.15) is 19.8 Å². The maximum atomic E-state index is 12.5. The van der Waals surface area contributed by atoms with Crippen molar-refractivity contribution in [1.29, 1.82) is 0 Å². The smallest absolute Gasteiger partial charge is 0.244 e. The second-order valence-corrected chi connectivity index (χ2v) is 6.19. The Hall–Kier alpha value is -2.30. The molecule has 0 aliphatic carbocycles. The van der Waals surface area contributed by atoms with Gasteiger partial charge in [0.1, 0.15) is 6.04 Å². The lowest BCUT2D eigenvalue weighted by Crippen LogP contribution is -2.47. The van der Waals surface area contributed by atoms with Crippen molar-refractivity contribution in [3.05, 3.63) is 36.5 Å². The number of carbonyl (C=O) groups excluding carboxylic acids is 2. The Bertz CT molecular complexity index is 722. The molecule has 1 saturated heterocycles. The van der Waals surface area contributed by atoms with E-state index in [1.807, 2.05) is 26.1 Å². The van der Waals surface area contributed by atoms with Gasteiger partial charge in [0, 0.05) is 44.8 Å². The fourth-order valence-corrected chi connectivity index (χ4v) is 3.23. The SMILES string of the molecule is C[C@@H](C(=O)N(C)CCn1ccc2ccccc21)N1CCCC1=O. The van der Waals surface area contributed by atoms with Gasteiger partial charge in [-0.3, -0.25) is 9.59 Å². The van der Waals surface area contributed by atoms with Crippen LogP contribution in [0.5, 0.6) is 0 Å². The Morgan fingerprint density at radius 2 is 2.09 bits per heavy atom. The molecule has 1 aliphatic rings. The van der Waals surface area contributed by atoms with Crippen molar-refractivity contribution in [2.24, 2.45) is 0 Å². The highest BCUT2D eigenvalue weighted by Gasteiger charge is 2.30. The fraction of sp³-hybridized carbons (Fsp3) is 0.444. The molecule has 1 aromatic heterocycles. The van der Waals surface area contributed by atoms with Crippen LogP contribution in [0.4, 0.5) is 0 Å². The van der Waals surface area contributed by atoms with Crippen LogP contribution in [0.3, 0.4) is 0 Å². The minimum absolute atomic E-state index is 0.0108. The molecule has 2 amide bonds. The van der Waals surface area contributed by atoms with Gasteiger partial charge < -0.3 is 14.4 Å². The van der Waals surface area contributed by atoms with E-state index in [1.165, 1.54) is 10.9 Å². The quantitative estimate of drug-likeness (QED) is 0.849. The van der Waals surface area contributed by atoms with Crippen molar-refractivity contribution in [2.75, 3.05) is 20.1 Å². The second kappa shape index (κ2) is 6.44. The second-order valence-electron chi connectivity index (χ2n) is 6.19. The molecular weight excluding hydrogens is 290 g/mol. The van der Waals surface area contributed by atoms with Crippen molar-refractivity contribution < 1.29 is 9.59 Å². The zero-order chi connectivity index (χ0) is 16.4. The van der Waals surface area contributed by atoms with E-state index in [1.54, 1.807) is 9.80 Å². The first kappa shape index (κ1) is 15.6. The van der Waals surface area contributed by atoms with Crippen molar-refractivity contribution in [2.45, 2.75) is 32.4 Å². The number of carbonyl (C=O) groups is 2. The molecule has 1 fully saturated rings.